The molecule has 1 amide bonds. The molecule has 0 fully saturated rings. The van der Waals surface area contributed by atoms with Crippen LogP contribution in [0.2, 0.25) is 5.02 Å². The average molecular weight is 306 g/mol. The topological polar surface area (TPSA) is 72.6 Å². The summed E-state index contributed by atoms with van der Waals surface area (Å²) in [5.41, 5.74) is 7.18. The van der Waals surface area contributed by atoms with Gasteiger partial charge in [-0.3, -0.25) is 4.79 Å². The predicted molar refractivity (Wildman–Crippen MR) is 81.6 cm³/mol. The second-order valence-electron chi connectivity index (χ2n) is 4.72. The van der Waals surface area contributed by atoms with Gasteiger partial charge in [0.25, 0.3) is 0 Å². The van der Waals surface area contributed by atoms with Gasteiger partial charge in [0, 0.05) is 10.6 Å². The van der Waals surface area contributed by atoms with Crippen molar-refractivity contribution in [2.24, 2.45) is 5.73 Å². The Bertz CT molecular complexity index is 640. The number of hydrogen-bond acceptors (Lipinski definition) is 3. The van der Waals surface area contributed by atoms with Crippen LogP contribution in [0.5, 0.6) is 5.75 Å². The molecule has 2 rings (SSSR count). The van der Waals surface area contributed by atoms with Crippen molar-refractivity contribution >= 4 is 17.5 Å². The molecule has 4 nitrogen and oxygen atoms in total. The van der Waals surface area contributed by atoms with Crippen molar-refractivity contribution in [3.63, 3.8) is 0 Å². The van der Waals surface area contributed by atoms with Crippen LogP contribution in [0.3, 0.4) is 0 Å². The zero-order chi connectivity index (χ0) is 15.4. The maximum atomic E-state index is 11.2. The van der Waals surface area contributed by atoms with Gasteiger partial charge in [0.15, 0.2) is 0 Å². The molecule has 0 aliphatic heterocycles. The van der Waals surface area contributed by atoms with Gasteiger partial charge in [0.05, 0.1) is 0 Å². The maximum absolute atomic E-state index is 11.2. The first-order chi connectivity index (χ1) is 9.97. The summed E-state index contributed by atoms with van der Waals surface area (Å²) in [4.78, 5) is 11.2. The molecular weight excluding hydrogens is 290 g/mol. The van der Waals surface area contributed by atoms with Crippen LogP contribution in [-0.2, 0) is 0 Å². The number of carbonyl (C=O) groups excluding carboxylic acids is 1. The summed E-state index contributed by atoms with van der Waals surface area (Å²) in [6.07, 6.45) is -0.779. The Kier molecular flexibility index (Phi) is 4.83. The number of primary amides is 1. The molecule has 0 saturated heterocycles. The molecule has 21 heavy (non-hydrogen) atoms. The molecule has 0 bridgehead atoms. The minimum Gasteiger partial charge on any atom is -0.490 e. The lowest BCUT2D eigenvalue weighted by atomic mass is 10.1. The van der Waals surface area contributed by atoms with Crippen LogP contribution in [0.4, 0.5) is 0 Å². The summed E-state index contributed by atoms with van der Waals surface area (Å²) >= 11 is 5.80. The molecule has 0 heterocycles. The molecule has 0 aliphatic rings. The molecule has 0 aliphatic carbocycles. The van der Waals surface area contributed by atoms with Gasteiger partial charge in [-0.1, -0.05) is 29.8 Å². The number of rotatable bonds is 5. The van der Waals surface area contributed by atoms with Crippen molar-refractivity contribution in [1.82, 2.24) is 0 Å². The van der Waals surface area contributed by atoms with Crippen molar-refractivity contribution < 1.29 is 14.6 Å². The van der Waals surface area contributed by atoms with E-state index in [9.17, 15) is 9.90 Å². The summed E-state index contributed by atoms with van der Waals surface area (Å²) in [7, 11) is 0. The van der Waals surface area contributed by atoms with E-state index in [4.69, 9.17) is 22.1 Å². The number of carbonyl (C=O) groups is 1. The fraction of sp³-hybridized carbons (Fsp3) is 0.188. The fourth-order valence-electron chi connectivity index (χ4n) is 1.86. The van der Waals surface area contributed by atoms with E-state index in [1.165, 1.54) is 0 Å². The van der Waals surface area contributed by atoms with E-state index in [1.807, 2.05) is 6.92 Å². The number of benzene rings is 2. The van der Waals surface area contributed by atoms with Crippen LogP contribution in [0.15, 0.2) is 42.5 Å². The number of nitrogens with two attached hydrogens (primary N) is 1. The minimum absolute atomic E-state index is 0.0741. The molecule has 1 unspecified atom stereocenters. The SMILES string of the molecule is Cc1ccc(C(N)=O)cc1OCC(O)c1ccc(Cl)cc1. The highest BCUT2D eigenvalue weighted by Gasteiger charge is 2.11. The van der Waals surface area contributed by atoms with Gasteiger partial charge in [-0.25, -0.2) is 0 Å². The van der Waals surface area contributed by atoms with Crippen LogP contribution in [0.25, 0.3) is 0 Å². The lowest BCUT2D eigenvalue weighted by Gasteiger charge is -2.14. The molecular formula is C16H16ClNO3. The van der Waals surface area contributed by atoms with Crippen LogP contribution in [-0.4, -0.2) is 17.6 Å². The third-order valence-corrected chi connectivity index (χ3v) is 3.38. The first-order valence-electron chi connectivity index (χ1n) is 6.44. The van der Waals surface area contributed by atoms with Crippen molar-refractivity contribution in [3.8, 4) is 5.75 Å². The average Bonchev–Trinajstić information content (AvgIpc) is 2.46. The van der Waals surface area contributed by atoms with Crippen LogP contribution in [0, 0.1) is 6.92 Å². The molecule has 0 spiro atoms. The van der Waals surface area contributed by atoms with Gasteiger partial charge >= 0.3 is 0 Å². The molecule has 2 aromatic carbocycles. The van der Waals surface area contributed by atoms with Gasteiger partial charge in [-0.15, -0.1) is 0 Å². The Hall–Kier alpha value is -2.04. The van der Waals surface area contributed by atoms with Gasteiger partial charge in [0.2, 0.25) is 5.91 Å². The summed E-state index contributed by atoms with van der Waals surface area (Å²) < 4.78 is 5.58. The molecule has 0 saturated carbocycles. The van der Waals surface area contributed by atoms with E-state index in [0.717, 1.165) is 5.56 Å². The Labute approximate surface area is 128 Å². The zero-order valence-electron chi connectivity index (χ0n) is 11.5. The normalized spacial score (nSPS) is 12.0. The number of amides is 1. The molecule has 110 valence electrons. The lowest BCUT2D eigenvalue weighted by Crippen LogP contribution is -2.13. The van der Waals surface area contributed by atoms with Gasteiger partial charge < -0.3 is 15.6 Å². The molecule has 0 aromatic heterocycles. The number of aliphatic hydroxyl groups is 1. The Balaban J connectivity index is 2.07. The molecule has 5 heteroatoms. The monoisotopic (exact) mass is 305 g/mol. The largest absolute Gasteiger partial charge is 0.490 e. The zero-order valence-corrected chi connectivity index (χ0v) is 12.3. The number of halogens is 1. The van der Waals surface area contributed by atoms with E-state index in [-0.39, 0.29) is 6.61 Å². The first-order valence-corrected chi connectivity index (χ1v) is 6.82. The number of hydrogen-bond donors (Lipinski definition) is 2. The highest BCUT2D eigenvalue weighted by Crippen LogP contribution is 2.22. The van der Waals surface area contributed by atoms with E-state index >= 15 is 0 Å². The Morgan fingerprint density at radius 3 is 2.57 bits per heavy atom. The second-order valence-corrected chi connectivity index (χ2v) is 5.16. The molecule has 1 atom stereocenters. The molecule has 3 N–H and O–H groups in total. The summed E-state index contributed by atoms with van der Waals surface area (Å²) in [5.74, 6) is 0.0115. The third-order valence-electron chi connectivity index (χ3n) is 3.12. The summed E-state index contributed by atoms with van der Waals surface area (Å²) in [5, 5.41) is 10.7. The maximum Gasteiger partial charge on any atom is 0.248 e. The van der Waals surface area contributed by atoms with Crippen molar-refractivity contribution in [2.75, 3.05) is 6.61 Å². The predicted octanol–water partition coefficient (Wildman–Crippen LogP) is 2.86. The quantitative estimate of drug-likeness (QED) is 0.892. The van der Waals surface area contributed by atoms with Crippen LogP contribution < -0.4 is 10.5 Å². The van der Waals surface area contributed by atoms with Gasteiger partial charge in [-0.2, -0.15) is 0 Å². The summed E-state index contributed by atoms with van der Waals surface area (Å²) in [6, 6.07) is 11.9. The second kappa shape index (κ2) is 6.61. The van der Waals surface area contributed by atoms with Crippen molar-refractivity contribution in [2.45, 2.75) is 13.0 Å². The smallest absolute Gasteiger partial charge is 0.248 e. The number of ether oxygens (including phenoxy) is 1. The highest BCUT2D eigenvalue weighted by molar-refractivity contribution is 6.30. The number of aliphatic hydroxyl groups excluding tert-OH is 1. The summed E-state index contributed by atoms with van der Waals surface area (Å²) in [6.45, 7) is 1.93. The lowest BCUT2D eigenvalue weighted by molar-refractivity contribution is 0.0997. The van der Waals surface area contributed by atoms with E-state index < -0.39 is 12.0 Å². The standard InChI is InChI=1S/C16H16ClNO3/c1-10-2-3-12(16(18)20)8-15(10)21-9-14(19)11-4-6-13(17)7-5-11/h2-8,14,19H,9H2,1H3,(H2,18,20). The Morgan fingerprint density at radius 1 is 1.29 bits per heavy atom. The van der Waals surface area contributed by atoms with Gasteiger partial charge in [0.1, 0.15) is 18.5 Å². The van der Waals surface area contributed by atoms with E-state index in [1.54, 1.807) is 42.5 Å². The highest BCUT2D eigenvalue weighted by atomic mass is 35.5. The van der Waals surface area contributed by atoms with Crippen LogP contribution >= 0.6 is 11.6 Å². The van der Waals surface area contributed by atoms with Crippen molar-refractivity contribution in [3.05, 3.63) is 64.2 Å². The minimum atomic E-state index is -0.779. The molecule has 2 aromatic rings. The number of aryl methyl sites for hydroxylation is 1. The van der Waals surface area contributed by atoms with Crippen LogP contribution in [0.1, 0.15) is 27.6 Å². The van der Waals surface area contributed by atoms with E-state index in [2.05, 4.69) is 0 Å². The van der Waals surface area contributed by atoms with E-state index in [0.29, 0.717) is 21.9 Å². The fourth-order valence-corrected chi connectivity index (χ4v) is 1.98. The third kappa shape index (κ3) is 3.97. The first kappa shape index (κ1) is 15.4. The Morgan fingerprint density at radius 2 is 1.95 bits per heavy atom. The van der Waals surface area contributed by atoms with Crippen molar-refractivity contribution in [1.29, 1.82) is 0 Å². The van der Waals surface area contributed by atoms with Gasteiger partial charge in [-0.05, 0) is 42.3 Å². The molecule has 0 radical (unpaired) electrons.